The number of amides is 1. The normalized spacial score (nSPS) is 17.9. The summed E-state index contributed by atoms with van der Waals surface area (Å²) >= 11 is 0. The van der Waals surface area contributed by atoms with Gasteiger partial charge in [-0.25, -0.2) is 18.1 Å². The Kier molecular flexibility index (Phi) is 5.64. The van der Waals surface area contributed by atoms with E-state index < -0.39 is 10.0 Å². The van der Waals surface area contributed by atoms with Gasteiger partial charge in [0.05, 0.1) is 4.90 Å². The van der Waals surface area contributed by atoms with Crippen molar-refractivity contribution in [1.82, 2.24) is 24.5 Å². The lowest BCUT2D eigenvalue weighted by Gasteiger charge is -2.36. The maximum Gasteiger partial charge on any atom is 0.254 e. The number of piperazine rings is 1. The fourth-order valence-corrected chi connectivity index (χ4v) is 4.37. The minimum atomic E-state index is -3.63. The fourth-order valence-electron chi connectivity index (χ4n) is 3.30. The monoisotopic (exact) mass is 391 g/mol. The average Bonchev–Trinajstić information content (AvgIpc) is 3.07. The lowest BCUT2D eigenvalue weighted by Crippen LogP contribution is -2.49. The molecule has 1 aliphatic heterocycles. The van der Waals surface area contributed by atoms with E-state index in [1.807, 2.05) is 24.7 Å². The fraction of sp³-hybridized carbons (Fsp3) is 0.444. The zero-order valence-electron chi connectivity index (χ0n) is 15.8. The van der Waals surface area contributed by atoms with Gasteiger partial charge in [-0.3, -0.25) is 4.79 Å². The van der Waals surface area contributed by atoms with E-state index in [2.05, 4.69) is 15.0 Å². The van der Waals surface area contributed by atoms with Gasteiger partial charge in [0.1, 0.15) is 11.9 Å². The first-order chi connectivity index (χ1) is 12.8. The molecule has 0 bridgehead atoms. The highest BCUT2D eigenvalue weighted by atomic mass is 32.2. The van der Waals surface area contributed by atoms with Crippen molar-refractivity contribution >= 4 is 15.9 Å². The molecule has 1 aromatic heterocycles. The summed E-state index contributed by atoms with van der Waals surface area (Å²) in [6.07, 6.45) is 3.56. The second-order valence-electron chi connectivity index (χ2n) is 6.59. The summed E-state index contributed by atoms with van der Waals surface area (Å²) in [6, 6.07) is 4.46. The quantitative estimate of drug-likeness (QED) is 0.786. The van der Waals surface area contributed by atoms with Gasteiger partial charge in [-0.2, -0.15) is 0 Å². The van der Waals surface area contributed by atoms with Gasteiger partial charge in [-0.05, 0) is 24.6 Å². The molecule has 3 rings (SSSR count). The van der Waals surface area contributed by atoms with Gasteiger partial charge in [0.25, 0.3) is 5.91 Å². The summed E-state index contributed by atoms with van der Waals surface area (Å²) in [7, 11) is -1.73. The highest BCUT2D eigenvalue weighted by molar-refractivity contribution is 7.89. The summed E-state index contributed by atoms with van der Waals surface area (Å²) in [5.74, 6) is 0.611. The predicted molar refractivity (Wildman–Crippen MR) is 102 cm³/mol. The summed E-state index contributed by atoms with van der Waals surface area (Å²) in [6.45, 7) is 5.63. The first-order valence-corrected chi connectivity index (χ1v) is 10.4. The van der Waals surface area contributed by atoms with E-state index in [0.29, 0.717) is 31.7 Å². The number of imidazole rings is 1. The number of carbonyl (C=O) groups excluding carboxylic acids is 1. The molecular weight excluding hydrogens is 366 g/mol. The number of hydrogen-bond donors (Lipinski definition) is 2. The number of aromatic nitrogens is 2. The van der Waals surface area contributed by atoms with E-state index in [0.717, 1.165) is 11.4 Å². The Bertz CT molecular complexity index is 938. The van der Waals surface area contributed by atoms with Crippen LogP contribution in [0.15, 0.2) is 35.5 Å². The predicted octanol–water partition coefficient (Wildman–Crippen LogP) is 0.813. The van der Waals surface area contributed by atoms with Crippen LogP contribution in [-0.2, 0) is 17.1 Å². The summed E-state index contributed by atoms with van der Waals surface area (Å²) < 4.78 is 29.0. The molecule has 0 radical (unpaired) electrons. The van der Waals surface area contributed by atoms with Crippen LogP contribution in [0.5, 0.6) is 0 Å². The lowest BCUT2D eigenvalue weighted by molar-refractivity contribution is 0.0620. The van der Waals surface area contributed by atoms with Gasteiger partial charge >= 0.3 is 0 Å². The molecule has 146 valence electrons. The van der Waals surface area contributed by atoms with Crippen LogP contribution in [0.2, 0.25) is 0 Å². The Hall–Kier alpha value is -2.23. The minimum absolute atomic E-state index is 0.0991. The van der Waals surface area contributed by atoms with E-state index in [-0.39, 0.29) is 16.8 Å². The third-order valence-corrected chi connectivity index (χ3v) is 6.29. The van der Waals surface area contributed by atoms with Crippen LogP contribution >= 0.6 is 0 Å². The SMILES string of the molecule is CCNS(=O)(=O)c1ccc(C)c(C(=O)N2CCNCC2c2nccn2C)c1. The van der Waals surface area contributed by atoms with Gasteiger partial charge < -0.3 is 14.8 Å². The van der Waals surface area contributed by atoms with E-state index >= 15 is 0 Å². The molecular formula is C18H25N5O3S. The number of aryl methyl sites for hydroxylation is 2. The maximum absolute atomic E-state index is 13.3. The van der Waals surface area contributed by atoms with Crippen molar-refractivity contribution < 1.29 is 13.2 Å². The van der Waals surface area contributed by atoms with Crippen molar-refractivity contribution in [2.24, 2.45) is 7.05 Å². The molecule has 1 aliphatic rings. The largest absolute Gasteiger partial charge is 0.336 e. The molecule has 0 saturated carbocycles. The van der Waals surface area contributed by atoms with Gasteiger partial charge in [0, 0.05) is 51.2 Å². The van der Waals surface area contributed by atoms with Crippen molar-refractivity contribution in [3.8, 4) is 0 Å². The van der Waals surface area contributed by atoms with Crippen LogP contribution in [0.25, 0.3) is 0 Å². The Morgan fingerprint density at radius 3 is 2.85 bits per heavy atom. The van der Waals surface area contributed by atoms with Crippen LogP contribution in [0.1, 0.15) is 34.7 Å². The molecule has 2 aromatic rings. The number of nitrogens with zero attached hydrogens (tertiary/aromatic N) is 3. The smallest absolute Gasteiger partial charge is 0.254 e. The average molecular weight is 391 g/mol. The Morgan fingerprint density at radius 2 is 2.19 bits per heavy atom. The third kappa shape index (κ3) is 3.90. The van der Waals surface area contributed by atoms with Crippen LogP contribution < -0.4 is 10.0 Å². The number of rotatable bonds is 5. The number of benzene rings is 1. The summed E-state index contributed by atoms with van der Waals surface area (Å²) in [5.41, 5.74) is 1.14. The van der Waals surface area contributed by atoms with E-state index in [1.54, 1.807) is 24.1 Å². The molecule has 9 heteroatoms. The molecule has 2 heterocycles. The number of nitrogens with one attached hydrogen (secondary N) is 2. The number of carbonyl (C=O) groups is 1. The molecule has 1 amide bonds. The van der Waals surface area contributed by atoms with Crippen LogP contribution in [0.4, 0.5) is 0 Å². The highest BCUT2D eigenvalue weighted by Gasteiger charge is 2.32. The Morgan fingerprint density at radius 1 is 1.41 bits per heavy atom. The summed E-state index contributed by atoms with van der Waals surface area (Å²) in [4.78, 5) is 19.6. The number of sulfonamides is 1. The number of hydrogen-bond acceptors (Lipinski definition) is 5. The molecule has 1 unspecified atom stereocenters. The standard InChI is InChI=1S/C18H25N5O3S/c1-4-21-27(25,26)14-6-5-13(2)15(11-14)18(24)23-10-7-19-12-16(23)17-20-8-9-22(17)3/h5-6,8-9,11,16,19,21H,4,7,10,12H2,1-3H3. The first kappa shape index (κ1) is 19.5. The second kappa shape index (κ2) is 7.79. The van der Waals surface area contributed by atoms with Crippen LogP contribution in [0.3, 0.4) is 0 Å². The molecule has 1 saturated heterocycles. The minimum Gasteiger partial charge on any atom is -0.336 e. The van der Waals surface area contributed by atoms with Gasteiger partial charge in [-0.15, -0.1) is 0 Å². The van der Waals surface area contributed by atoms with Crippen molar-refractivity contribution in [3.05, 3.63) is 47.5 Å². The molecule has 0 aliphatic carbocycles. The molecule has 1 aromatic carbocycles. The highest BCUT2D eigenvalue weighted by Crippen LogP contribution is 2.25. The molecule has 2 N–H and O–H groups in total. The van der Waals surface area contributed by atoms with Gasteiger partial charge in [0.2, 0.25) is 10.0 Å². The zero-order chi connectivity index (χ0) is 19.6. The molecule has 1 fully saturated rings. The molecule has 0 spiro atoms. The molecule has 8 nitrogen and oxygen atoms in total. The molecule has 27 heavy (non-hydrogen) atoms. The van der Waals surface area contributed by atoms with Crippen molar-refractivity contribution in [2.45, 2.75) is 24.8 Å². The van der Waals surface area contributed by atoms with Crippen molar-refractivity contribution in [3.63, 3.8) is 0 Å². The van der Waals surface area contributed by atoms with Gasteiger partial charge in [-0.1, -0.05) is 13.0 Å². The zero-order valence-corrected chi connectivity index (χ0v) is 16.6. The Labute approximate surface area is 159 Å². The van der Waals surface area contributed by atoms with Crippen LogP contribution in [-0.4, -0.2) is 55.0 Å². The van der Waals surface area contributed by atoms with Gasteiger partial charge in [0.15, 0.2) is 0 Å². The van der Waals surface area contributed by atoms with Crippen molar-refractivity contribution in [1.29, 1.82) is 0 Å². The second-order valence-corrected chi connectivity index (χ2v) is 8.36. The van der Waals surface area contributed by atoms with E-state index in [9.17, 15) is 13.2 Å². The molecule has 1 atom stereocenters. The van der Waals surface area contributed by atoms with Crippen LogP contribution in [0, 0.1) is 6.92 Å². The van der Waals surface area contributed by atoms with E-state index in [1.165, 1.54) is 12.1 Å². The summed E-state index contributed by atoms with van der Waals surface area (Å²) in [5, 5.41) is 3.30. The van der Waals surface area contributed by atoms with Crippen molar-refractivity contribution in [2.75, 3.05) is 26.2 Å². The van der Waals surface area contributed by atoms with E-state index in [4.69, 9.17) is 0 Å². The lowest BCUT2D eigenvalue weighted by atomic mass is 10.1. The first-order valence-electron chi connectivity index (χ1n) is 8.94. The third-order valence-electron chi connectivity index (χ3n) is 4.74. The maximum atomic E-state index is 13.3. The topological polar surface area (TPSA) is 96.3 Å². The Balaban J connectivity index is 1.97.